The Morgan fingerprint density at radius 1 is 1.08 bits per heavy atom. The Bertz CT molecular complexity index is 742. The molecule has 24 heavy (non-hydrogen) atoms. The van der Waals surface area contributed by atoms with Crippen molar-refractivity contribution in [2.75, 3.05) is 18.5 Å². The van der Waals surface area contributed by atoms with Crippen molar-refractivity contribution in [2.45, 2.75) is 32.6 Å². The van der Waals surface area contributed by atoms with E-state index in [0.29, 0.717) is 21.3 Å². The topological polar surface area (TPSA) is 40.6 Å². The van der Waals surface area contributed by atoms with Crippen molar-refractivity contribution in [3.05, 3.63) is 34.7 Å². The quantitative estimate of drug-likeness (QED) is 0.455. The predicted molar refractivity (Wildman–Crippen MR) is 103 cm³/mol. The summed E-state index contributed by atoms with van der Waals surface area (Å²) in [7, 11) is 1.74. The first-order valence-corrected chi connectivity index (χ1v) is 9.44. The van der Waals surface area contributed by atoms with Crippen LogP contribution in [0.5, 0.6) is 0 Å². The molecule has 0 saturated carbocycles. The Morgan fingerprint density at radius 3 is 2.58 bits per heavy atom. The molecule has 0 bridgehead atoms. The molecule has 0 aliphatic carbocycles. The van der Waals surface area contributed by atoms with Gasteiger partial charge in [-0.15, -0.1) is 0 Å². The zero-order valence-electron chi connectivity index (χ0n) is 13.9. The Kier molecular flexibility index (Phi) is 5.06. The van der Waals surface area contributed by atoms with Gasteiger partial charge in [-0.25, -0.2) is 0 Å². The van der Waals surface area contributed by atoms with Crippen LogP contribution in [0.2, 0.25) is 0 Å². The standard InChI is InChI=1S/C18H20N2O2S2/c1-3-4-5-8-11-20-17(22)15(24-18(20)23)14-12-9-6-7-10-13(12)19(2)16(14)21/h6-7,9-10H,3-5,8,11H2,1-2H3. The van der Waals surface area contributed by atoms with Crippen molar-refractivity contribution in [1.82, 2.24) is 4.90 Å². The molecule has 2 aliphatic heterocycles. The van der Waals surface area contributed by atoms with Gasteiger partial charge in [-0.1, -0.05) is 68.4 Å². The van der Waals surface area contributed by atoms with E-state index >= 15 is 0 Å². The number of carbonyl (C=O) groups excluding carboxylic acids is 2. The fraction of sp³-hybridized carbons (Fsp3) is 0.389. The maximum absolute atomic E-state index is 12.8. The molecule has 0 radical (unpaired) electrons. The zero-order valence-corrected chi connectivity index (χ0v) is 15.5. The van der Waals surface area contributed by atoms with E-state index in [4.69, 9.17) is 12.2 Å². The lowest BCUT2D eigenvalue weighted by atomic mass is 10.1. The largest absolute Gasteiger partial charge is 0.311 e. The number of unbranched alkanes of at least 4 members (excludes halogenated alkanes) is 3. The maximum Gasteiger partial charge on any atom is 0.267 e. The average Bonchev–Trinajstić information content (AvgIpc) is 2.99. The number of carbonyl (C=O) groups is 2. The van der Waals surface area contributed by atoms with Crippen molar-refractivity contribution in [1.29, 1.82) is 0 Å². The number of para-hydroxylation sites is 1. The van der Waals surface area contributed by atoms with Crippen LogP contribution in [0.15, 0.2) is 29.2 Å². The van der Waals surface area contributed by atoms with E-state index in [1.54, 1.807) is 16.8 Å². The van der Waals surface area contributed by atoms with Gasteiger partial charge in [0.15, 0.2) is 0 Å². The fourth-order valence-corrected chi connectivity index (χ4v) is 4.41. The molecule has 2 aliphatic rings. The van der Waals surface area contributed by atoms with Crippen LogP contribution >= 0.6 is 24.0 Å². The second-order valence-electron chi connectivity index (χ2n) is 5.97. The van der Waals surface area contributed by atoms with Gasteiger partial charge in [0.2, 0.25) is 0 Å². The van der Waals surface area contributed by atoms with Gasteiger partial charge in [-0.3, -0.25) is 14.5 Å². The third-order valence-corrected chi connectivity index (χ3v) is 5.81. The van der Waals surface area contributed by atoms with Crippen LogP contribution in [0, 0.1) is 0 Å². The molecular formula is C18H20N2O2S2. The molecule has 4 nitrogen and oxygen atoms in total. The molecule has 1 fully saturated rings. The molecule has 126 valence electrons. The number of hydrogen-bond acceptors (Lipinski definition) is 4. The van der Waals surface area contributed by atoms with Crippen LogP contribution in [0.1, 0.15) is 38.2 Å². The summed E-state index contributed by atoms with van der Waals surface area (Å²) in [5.41, 5.74) is 2.14. The summed E-state index contributed by atoms with van der Waals surface area (Å²) in [5.74, 6) is -0.266. The lowest BCUT2D eigenvalue weighted by molar-refractivity contribution is -0.122. The maximum atomic E-state index is 12.8. The number of fused-ring (bicyclic) bond motifs is 1. The van der Waals surface area contributed by atoms with E-state index in [-0.39, 0.29) is 11.8 Å². The summed E-state index contributed by atoms with van der Waals surface area (Å²) in [4.78, 5) is 29.2. The number of thioether (sulfide) groups is 1. The Labute approximate surface area is 151 Å². The highest BCUT2D eigenvalue weighted by molar-refractivity contribution is 8.26. The monoisotopic (exact) mass is 360 g/mol. The number of hydrogen-bond donors (Lipinski definition) is 0. The third kappa shape index (κ3) is 2.89. The van der Waals surface area contributed by atoms with Crippen molar-refractivity contribution in [2.24, 2.45) is 0 Å². The van der Waals surface area contributed by atoms with Crippen molar-refractivity contribution < 1.29 is 9.59 Å². The number of nitrogens with zero attached hydrogens (tertiary/aromatic N) is 2. The van der Waals surface area contributed by atoms with E-state index in [1.165, 1.54) is 11.8 Å². The molecule has 6 heteroatoms. The van der Waals surface area contributed by atoms with E-state index in [0.717, 1.165) is 36.9 Å². The lowest BCUT2D eigenvalue weighted by Crippen LogP contribution is -2.29. The first-order chi connectivity index (χ1) is 11.6. The zero-order chi connectivity index (χ0) is 17.3. The Balaban J connectivity index is 1.90. The normalized spacial score (nSPS) is 20.3. The molecular weight excluding hydrogens is 340 g/mol. The van der Waals surface area contributed by atoms with Gasteiger partial charge >= 0.3 is 0 Å². The lowest BCUT2D eigenvalue weighted by Gasteiger charge is -2.14. The van der Waals surface area contributed by atoms with Crippen LogP contribution < -0.4 is 4.90 Å². The molecule has 1 aromatic carbocycles. The molecule has 1 aromatic rings. The molecule has 0 spiro atoms. The number of rotatable bonds is 5. The summed E-state index contributed by atoms with van der Waals surface area (Å²) >= 11 is 6.64. The van der Waals surface area contributed by atoms with Gasteiger partial charge in [0, 0.05) is 19.2 Å². The third-order valence-electron chi connectivity index (χ3n) is 4.36. The Morgan fingerprint density at radius 2 is 1.83 bits per heavy atom. The molecule has 0 atom stereocenters. The summed E-state index contributed by atoms with van der Waals surface area (Å²) in [5, 5.41) is 0. The minimum atomic E-state index is -0.136. The SMILES string of the molecule is CCCCCCN1C(=O)C(=C2C(=O)N(C)c3ccccc32)SC1=S. The number of anilines is 1. The number of likely N-dealkylation sites (N-methyl/N-ethyl adjacent to an activating group) is 1. The summed E-state index contributed by atoms with van der Waals surface area (Å²) < 4.78 is 0.554. The smallest absolute Gasteiger partial charge is 0.267 e. The summed E-state index contributed by atoms with van der Waals surface area (Å²) in [6.07, 6.45) is 4.34. The van der Waals surface area contributed by atoms with E-state index in [2.05, 4.69) is 6.92 Å². The summed E-state index contributed by atoms with van der Waals surface area (Å²) in [6, 6.07) is 7.56. The van der Waals surface area contributed by atoms with Gasteiger partial charge < -0.3 is 4.90 Å². The molecule has 3 rings (SSSR count). The first-order valence-electron chi connectivity index (χ1n) is 8.21. The van der Waals surface area contributed by atoms with Crippen LogP contribution in [0.3, 0.4) is 0 Å². The Hall–Kier alpha value is -1.66. The van der Waals surface area contributed by atoms with Gasteiger partial charge in [0.25, 0.3) is 11.8 Å². The highest BCUT2D eigenvalue weighted by Crippen LogP contribution is 2.43. The van der Waals surface area contributed by atoms with Gasteiger partial charge in [-0.2, -0.15) is 0 Å². The van der Waals surface area contributed by atoms with Gasteiger partial charge in [0.05, 0.1) is 16.2 Å². The predicted octanol–water partition coefficient (Wildman–Crippen LogP) is 3.81. The first kappa shape index (κ1) is 17.2. The number of benzene rings is 1. The average molecular weight is 361 g/mol. The highest BCUT2D eigenvalue weighted by atomic mass is 32.2. The van der Waals surface area contributed by atoms with E-state index < -0.39 is 0 Å². The van der Waals surface area contributed by atoms with Crippen molar-refractivity contribution in [3.8, 4) is 0 Å². The number of amides is 2. The number of thiocarbonyl (C=S) groups is 1. The minimum Gasteiger partial charge on any atom is -0.311 e. The second-order valence-corrected chi connectivity index (χ2v) is 7.62. The van der Waals surface area contributed by atoms with Crippen molar-refractivity contribution in [3.63, 3.8) is 0 Å². The van der Waals surface area contributed by atoms with E-state index in [9.17, 15) is 9.59 Å². The van der Waals surface area contributed by atoms with Gasteiger partial charge in [0.1, 0.15) is 4.32 Å². The van der Waals surface area contributed by atoms with E-state index in [1.807, 2.05) is 24.3 Å². The highest BCUT2D eigenvalue weighted by Gasteiger charge is 2.40. The molecule has 0 unspecified atom stereocenters. The van der Waals surface area contributed by atoms with Gasteiger partial charge in [-0.05, 0) is 12.5 Å². The molecule has 0 N–H and O–H groups in total. The fourth-order valence-electron chi connectivity index (χ4n) is 3.03. The van der Waals surface area contributed by atoms with Crippen LogP contribution in [0.4, 0.5) is 5.69 Å². The molecule has 2 heterocycles. The molecule has 1 saturated heterocycles. The summed E-state index contributed by atoms with van der Waals surface area (Å²) in [6.45, 7) is 2.79. The molecule has 0 aromatic heterocycles. The van der Waals surface area contributed by atoms with Crippen LogP contribution in [-0.4, -0.2) is 34.6 Å². The molecule has 2 amide bonds. The van der Waals surface area contributed by atoms with Crippen molar-refractivity contribution >= 4 is 51.4 Å². The minimum absolute atomic E-state index is 0.130. The van der Waals surface area contributed by atoms with Crippen LogP contribution in [-0.2, 0) is 9.59 Å². The van der Waals surface area contributed by atoms with Crippen LogP contribution in [0.25, 0.3) is 5.57 Å². The second kappa shape index (κ2) is 7.07.